The lowest BCUT2D eigenvalue weighted by Crippen LogP contribution is -2.46. The van der Waals surface area contributed by atoms with Crippen LogP contribution in [0.2, 0.25) is 0 Å². The van der Waals surface area contributed by atoms with Crippen LogP contribution in [0, 0.1) is 0 Å². The third-order valence-corrected chi connectivity index (χ3v) is 3.07. The summed E-state index contributed by atoms with van der Waals surface area (Å²) in [5.41, 5.74) is 1.46. The van der Waals surface area contributed by atoms with E-state index < -0.39 is 0 Å². The Balaban J connectivity index is 2.73. The summed E-state index contributed by atoms with van der Waals surface area (Å²) >= 11 is 0. The van der Waals surface area contributed by atoms with Gasteiger partial charge in [-0.2, -0.15) is 0 Å². The second-order valence-electron chi connectivity index (χ2n) is 5.13. The first-order valence-electron chi connectivity index (χ1n) is 7.03. The van der Waals surface area contributed by atoms with Crippen LogP contribution in [-0.4, -0.2) is 56.7 Å². The number of hydrogen-bond donors (Lipinski definition) is 1. The number of allylic oxidation sites excluding steroid dienone is 1. The Labute approximate surface area is 125 Å². The average molecular weight is 296 g/mol. The Kier molecular flexibility index (Phi) is 7.71. The highest BCUT2D eigenvalue weighted by atomic mass is 16.5. The van der Waals surface area contributed by atoms with Crippen molar-refractivity contribution in [2.45, 2.75) is 26.4 Å². The fourth-order valence-electron chi connectivity index (χ4n) is 2.11. The molecule has 0 radical (unpaired) electrons. The fraction of sp³-hybridized carbons (Fsp3) is 0.600. The predicted molar refractivity (Wildman–Crippen MR) is 79.5 cm³/mol. The van der Waals surface area contributed by atoms with Gasteiger partial charge in [0.15, 0.2) is 0 Å². The highest BCUT2D eigenvalue weighted by Gasteiger charge is 2.25. The number of nitrogens with zero attached hydrogens (tertiary/aromatic N) is 1. The number of nitrogens with one attached hydrogen (secondary N) is 1. The van der Waals surface area contributed by atoms with E-state index in [0.29, 0.717) is 38.3 Å². The molecule has 1 atom stereocenters. The van der Waals surface area contributed by atoms with Gasteiger partial charge in [0, 0.05) is 33.0 Å². The monoisotopic (exact) mass is 296 g/mol. The third-order valence-electron chi connectivity index (χ3n) is 3.07. The Morgan fingerprint density at radius 2 is 2.24 bits per heavy atom. The first-order chi connectivity index (χ1) is 10.1. The van der Waals surface area contributed by atoms with Gasteiger partial charge in [-0.1, -0.05) is 5.57 Å². The number of ether oxygens (including phenoxy) is 2. The van der Waals surface area contributed by atoms with Crippen LogP contribution in [-0.2, 0) is 19.1 Å². The van der Waals surface area contributed by atoms with Crippen molar-refractivity contribution in [3.8, 4) is 0 Å². The van der Waals surface area contributed by atoms with E-state index in [2.05, 4.69) is 5.32 Å². The maximum Gasteiger partial charge on any atom is 0.255 e. The van der Waals surface area contributed by atoms with E-state index in [1.165, 1.54) is 6.20 Å². The van der Waals surface area contributed by atoms with Crippen molar-refractivity contribution in [3.05, 3.63) is 23.4 Å². The van der Waals surface area contributed by atoms with Gasteiger partial charge in [-0.15, -0.1) is 0 Å². The van der Waals surface area contributed by atoms with Crippen molar-refractivity contribution in [2.24, 2.45) is 0 Å². The summed E-state index contributed by atoms with van der Waals surface area (Å²) < 4.78 is 10.7. The number of methoxy groups -OCH3 is 1. The standard InChI is InChI=1S/C15H24N2O4/c1-12(2)8-13(9-16-11-18)15(19)17-5-7-21-14(10-17)4-6-20-3/h8-9,11,14H,4-7,10H2,1-3H3,(H,16,18)/b13-9+. The molecule has 0 aromatic carbocycles. The Morgan fingerprint density at radius 3 is 2.86 bits per heavy atom. The van der Waals surface area contributed by atoms with Crippen LogP contribution in [0.4, 0.5) is 0 Å². The van der Waals surface area contributed by atoms with Crippen molar-refractivity contribution in [1.82, 2.24) is 10.2 Å². The molecular weight excluding hydrogens is 272 g/mol. The maximum absolute atomic E-state index is 12.5. The van der Waals surface area contributed by atoms with Crippen molar-refractivity contribution >= 4 is 12.3 Å². The van der Waals surface area contributed by atoms with E-state index in [4.69, 9.17) is 9.47 Å². The molecule has 2 amide bonds. The topological polar surface area (TPSA) is 67.9 Å². The summed E-state index contributed by atoms with van der Waals surface area (Å²) in [4.78, 5) is 24.7. The van der Waals surface area contributed by atoms with Gasteiger partial charge in [0.25, 0.3) is 5.91 Å². The molecule has 1 N–H and O–H groups in total. The Bertz CT molecular complexity index is 414. The van der Waals surface area contributed by atoms with E-state index in [-0.39, 0.29) is 12.0 Å². The predicted octanol–water partition coefficient (Wildman–Crippen LogP) is 0.846. The minimum absolute atomic E-state index is 0.00497. The van der Waals surface area contributed by atoms with Gasteiger partial charge in [-0.05, 0) is 26.3 Å². The highest BCUT2D eigenvalue weighted by molar-refractivity contribution is 5.96. The van der Waals surface area contributed by atoms with Crippen LogP contribution in [0.5, 0.6) is 0 Å². The molecule has 1 fully saturated rings. The summed E-state index contributed by atoms with van der Waals surface area (Å²) in [5.74, 6) is -0.101. The Hall–Kier alpha value is -1.66. The van der Waals surface area contributed by atoms with Crippen molar-refractivity contribution in [1.29, 1.82) is 0 Å². The summed E-state index contributed by atoms with van der Waals surface area (Å²) in [6.45, 7) is 6.03. The largest absolute Gasteiger partial charge is 0.385 e. The number of hydrogen-bond acceptors (Lipinski definition) is 4. The SMILES string of the molecule is COCCC1CN(C(=O)/C(C=C(C)C)=C/NC=O)CCO1. The average Bonchev–Trinajstić information content (AvgIpc) is 2.48. The number of morpholine rings is 1. The zero-order chi connectivity index (χ0) is 15.7. The van der Waals surface area contributed by atoms with Crippen LogP contribution in [0.25, 0.3) is 0 Å². The molecule has 0 aliphatic carbocycles. The van der Waals surface area contributed by atoms with Gasteiger partial charge < -0.3 is 19.7 Å². The van der Waals surface area contributed by atoms with Crippen molar-refractivity contribution < 1.29 is 19.1 Å². The fourth-order valence-corrected chi connectivity index (χ4v) is 2.11. The molecule has 1 aliphatic heterocycles. The lowest BCUT2D eigenvalue weighted by molar-refractivity contribution is -0.135. The Morgan fingerprint density at radius 1 is 1.48 bits per heavy atom. The van der Waals surface area contributed by atoms with Crippen LogP contribution in [0.1, 0.15) is 20.3 Å². The minimum atomic E-state index is -0.101. The van der Waals surface area contributed by atoms with Crippen molar-refractivity contribution in [2.75, 3.05) is 33.4 Å². The molecule has 21 heavy (non-hydrogen) atoms. The van der Waals surface area contributed by atoms with E-state index in [9.17, 15) is 9.59 Å². The molecule has 118 valence electrons. The second-order valence-corrected chi connectivity index (χ2v) is 5.13. The zero-order valence-electron chi connectivity index (χ0n) is 12.9. The summed E-state index contributed by atoms with van der Waals surface area (Å²) in [6, 6.07) is 0. The molecule has 6 heteroatoms. The van der Waals surface area contributed by atoms with Gasteiger partial charge in [0.1, 0.15) is 0 Å². The van der Waals surface area contributed by atoms with Crippen LogP contribution >= 0.6 is 0 Å². The molecule has 0 aromatic rings. The van der Waals surface area contributed by atoms with Crippen LogP contribution in [0.15, 0.2) is 23.4 Å². The molecule has 1 rings (SSSR count). The van der Waals surface area contributed by atoms with Crippen LogP contribution in [0.3, 0.4) is 0 Å². The van der Waals surface area contributed by atoms with E-state index in [1.807, 2.05) is 13.8 Å². The number of rotatable bonds is 7. The second kappa shape index (κ2) is 9.31. The number of carbonyl (C=O) groups excluding carboxylic acids is 2. The van der Waals surface area contributed by atoms with E-state index >= 15 is 0 Å². The molecular formula is C15H24N2O4. The van der Waals surface area contributed by atoms with Gasteiger partial charge in [-0.25, -0.2) is 0 Å². The number of carbonyl (C=O) groups is 2. The smallest absolute Gasteiger partial charge is 0.255 e. The summed E-state index contributed by atoms with van der Waals surface area (Å²) in [6.07, 6.45) is 4.50. The van der Waals surface area contributed by atoms with Crippen molar-refractivity contribution in [3.63, 3.8) is 0 Å². The first-order valence-corrected chi connectivity index (χ1v) is 7.03. The highest BCUT2D eigenvalue weighted by Crippen LogP contribution is 2.13. The summed E-state index contributed by atoms with van der Waals surface area (Å²) in [7, 11) is 1.65. The van der Waals surface area contributed by atoms with Gasteiger partial charge in [-0.3, -0.25) is 9.59 Å². The van der Waals surface area contributed by atoms with Gasteiger partial charge >= 0.3 is 0 Å². The molecule has 0 saturated carbocycles. The zero-order valence-corrected chi connectivity index (χ0v) is 12.9. The summed E-state index contributed by atoms with van der Waals surface area (Å²) in [5, 5.41) is 2.43. The van der Waals surface area contributed by atoms with Crippen LogP contribution < -0.4 is 5.32 Å². The lowest BCUT2D eigenvalue weighted by atomic mass is 10.1. The molecule has 0 bridgehead atoms. The lowest BCUT2D eigenvalue weighted by Gasteiger charge is -2.33. The van der Waals surface area contributed by atoms with E-state index in [0.717, 1.165) is 12.0 Å². The quantitative estimate of drug-likeness (QED) is 0.429. The minimum Gasteiger partial charge on any atom is -0.385 e. The van der Waals surface area contributed by atoms with Gasteiger partial charge in [0.2, 0.25) is 6.41 Å². The molecule has 0 spiro atoms. The first kappa shape index (κ1) is 17.4. The molecule has 0 aromatic heterocycles. The third kappa shape index (κ3) is 6.10. The molecule has 1 aliphatic rings. The molecule has 1 heterocycles. The maximum atomic E-state index is 12.5. The molecule has 1 unspecified atom stereocenters. The molecule has 1 saturated heterocycles. The molecule has 6 nitrogen and oxygen atoms in total. The van der Waals surface area contributed by atoms with Gasteiger partial charge in [0.05, 0.1) is 18.3 Å². The normalized spacial score (nSPS) is 19.1. The van der Waals surface area contributed by atoms with E-state index in [1.54, 1.807) is 18.1 Å². The number of amides is 2.